The molecule has 1 saturated heterocycles. The van der Waals surface area contributed by atoms with Crippen LogP contribution in [0.3, 0.4) is 0 Å². The minimum absolute atomic E-state index is 0.125. The van der Waals surface area contributed by atoms with Gasteiger partial charge < -0.3 is 9.47 Å². The highest BCUT2D eigenvalue weighted by atomic mass is 16.6. The number of esters is 1. The summed E-state index contributed by atoms with van der Waals surface area (Å²) in [7, 11) is 1.25. The maximum atomic E-state index is 12.8. The number of hydrogen-bond acceptors (Lipinski definition) is 6. The van der Waals surface area contributed by atoms with Crippen molar-refractivity contribution in [1.82, 2.24) is 4.90 Å². The molecule has 1 aliphatic rings. The second kappa shape index (κ2) is 7.56. The van der Waals surface area contributed by atoms with E-state index in [-0.39, 0.29) is 12.8 Å². The Morgan fingerprint density at radius 1 is 1.31 bits per heavy atom. The average molecular weight is 358 g/mol. The van der Waals surface area contributed by atoms with Crippen LogP contribution < -0.4 is 0 Å². The number of methoxy groups -OCH3 is 1. The van der Waals surface area contributed by atoms with E-state index in [1.165, 1.54) is 7.11 Å². The van der Waals surface area contributed by atoms with Crippen LogP contribution in [0.5, 0.6) is 0 Å². The Balaban J connectivity index is 2.41. The molecule has 0 N–H and O–H groups in total. The topological polar surface area (TPSA) is 96.7 Å². The van der Waals surface area contributed by atoms with Crippen LogP contribution >= 0.6 is 0 Å². The molecule has 1 aliphatic heterocycles. The van der Waals surface area contributed by atoms with E-state index in [1.807, 2.05) is 0 Å². The van der Waals surface area contributed by atoms with Gasteiger partial charge in [0.25, 0.3) is 0 Å². The number of carbonyl (C=O) groups is 3. The van der Waals surface area contributed by atoms with E-state index in [9.17, 15) is 19.6 Å². The van der Waals surface area contributed by atoms with E-state index < -0.39 is 35.5 Å². The molecule has 0 radical (unpaired) electrons. The van der Waals surface area contributed by atoms with Crippen LogP contribution in [-0.2, 0) is 19.1 Å². The number of benzene rings is 1. The fourth-order valence-electron chi connectivity index (χ4n) is 2.96. The lowest BCUT2D eigenvalue weighted by molar-refractivity contribution is -0.144. The van der Waals surface area contributed by atoms with Gasteiger partial charge in [-0.25, -0.2) is 9.69 Å². The first kappa shape index (κ1) is 19.4. The van der Waals surface area contributed by atoms with Crippen molar-refractivity contribution < 1.29 is 23.9 Å². The van der Waals surface area contributed by atoms with Crippen LogP contribution in [0.2, 0.25) is 0 Å². The molecule has 1 aromatic carbocycles. The predicted octanol–water partition coefficient (Wildman–Crippen LogP) is 2.95. The standard InChI is InChI=1S/C19H22N2O5/c1-19(2,3)26-18(24)21-15(14-8-6-5-7-12(14)11-20)9-13(17(21)23)10-16(22)25-4/h5-8,13,15H,9-10H2,1-4H3. The number of nitriles is 1. The second-order valence-electron chi connectivity index (χ2n) is 7.12. The molecule has 138 valence electrons. The van der Waals surface area contributed by atoms with Gasteiger partial charge in [0, 0.05) is 0 Å². The highest BCUT2D eigenvalue weighted by Gasteiger charge is 2.46. The molecule has 26 heavy (non-hydrogen) atoms. The monoisotopic (exact) mass is 358 g/mol. The van der Waals surface area contributed by atoms with Crippen LogP contribution in [-0.4, -0.2) is 35.6 Å². The van der Waals surface area contributed by atoms with Crippen molar-refractivity contribution in [3.05, 3.63) is 35.4 Å². The summed E-state index contributed by atoms with van der Waals surface area (Å²) in [5, 5.41) is 9.36. The molecule has 0 spiro atoms. The first-order valence-electron chi connectivity index (χ1n) is 8.30. The smallest absolute Gasteiger partial charge is 0.417 e. The Kier molecular flexibility index (Phi) is 5.66. The summed E-state index contributed by atoms with van der Waals surface area (Å²) >= 11 is 0. The fraction of sp³-hybridized carbons (Fsp3) is 0.474. The number of likely N-dealkylation sites (tertiary alicyclic amines) is 1. The Morgan fingerprint density at radius 2 is 1.96 bits per heavy atom. The zero-order chi connectivity index (χ0) is 19.5. The minimum atomic E-state index is -0.785. The molecule has 0 aromatic heterocycles. The normalized spacial score (nSPS) is 19.8. The summed E-state index contributed by atoms with van der Waals surface area (Å²) in [5.41, 5.74) is 0.149. The van der Waals surface area contributed by atoms with E-state index in [0.717, 1.165) is 4.90 Å². The lowest BCUT2D eigenvalue weighted by atomic mass is 9.94. The lowest BCUT2D eigenvalue weighted by Gasteiger charge is -2.27. The molecule has 0 aliphatic carbocycles. The summed E-state index contributed by atoms with van der Waals surface area (Å²) in [6, 6.07) is 8.19. The van der Waals surface area contributed by atoms with Crippen molar-refractivity contribution in [3.63, 3.8) is 0 Å². The molecule has 2 unspecified atom stereocenters. The highest BCUT2D eigenvalue weighted by molar-refractivity contribution is 5.97. The Hall–Kier alpha value is -2.88. The van der Waals surface area contributed by atoms with Crippen LogP contribution in [0.4, 0.5) is 4.79 Å². The summed E-state index contributed by atoms with van der Waals surface area (Å²) in [6.07, 6.45) is -0.682. The Bertz CT molecular complexity index is 760. The minimum Gasteiger partial charge on any atom is -0.469 e. The van der Waals surface area contributed by atoms with Crippen LogP contribution in [0.25, 0.3) is 0 Å². The highest BCUT2D eigenvalue weighted by Crippen LogP contribution is 2.40. The van der Waals surface area contributed by atoms with E-state index in [0.29, 0.717) is 11.1 Å². The van der Waals surface area contributed by atoms with Gasteiger partial charge in [0.1, 0.15) is 5.60 Å². The van der Waals surface area contributed by atoms with E-state index in [4.69, 9.17) is 4.74 Å². The van der Waals surface area contributed by atoms with Crippen LogP contribution in [0.1, 0.15) is 50.8 Å². The van der Waals surface area contributed by atoms with Gasteiger partial charge in [-0.1, -0.05) is 18.2 Å². The third kappa shape index (κ3) is 4.20. The molecule has 1 fully saturated rings. The molecule has 2 amide bonds. The third-order valence-corrected chi connectivity index (χ3v) is 4.08. The SMILES string of the molecule is COC(=O)CC1CC(c2ccccc2C#N)N(C(=O)OC(C)(C)C)C1=O. The summed E-state index contributed by atoms with van der Waals surface area (Å²) in [5.74, 6) is -1.73. The Labute approximate surface area is 152 Å². The number of ether oxygens (including phenoxy) is 2. The average Bonchev–Trinajstić information content (AvgIpc) is 2.89. The van der Waals surface area contributed by atoms with Gasteiger partial charge in [0.2, 0.25) is 5.91 Å². The van der Waals surface area contributed by atoms with Gasteiger partial charge in [-0.05, 0) is 38.8 Å². The first-order chi connectivity index (χ1) is 12.2. The van der Waals surface area contributed by atoms with Gasteiger partial charge >= 0.3 is 12.1 Å². The number of hydrogen-bond donors (Lipinski definition) is 0. The van der Waals surface area contributed by atoms with Crippen molar-refractivity contribution in [2.45, 2.75) is 45.3 Å². The number of amides is 2. The molecule has 1 aromatic rings. The fourth-order valence-corrected chi connectivity index (χ4v) is 2.96. The zero-order valence-electron chi connectivity index (χ0n) is 15.3. The number of nitrogens with zero attached hydrogens (tertiary/aromatic N) is 2. The largest absolute Gasteiger partial charge is 0.469 e. The first-order valence-corrected chi connectivity index (χ1v) is 8.30. The Morgan fingerprint density at radius 3 is 2.54 bits per heavy atom. The van der Waals surface area contributed by atoms with Crippen molar-refractivity contribution >= 4 is 18.0 Å². The second-order valence-corrected chi connectivity index (χ2v) is 7.12. The molecule has 2 rings (SSSR count). The van der Waals surface area contributed by atoms with Crippen LogP contribution in [0.15, 0.2) is 24.3 Å². The summed E-state index contributed by atoms with van der Waals surface area (Å²) in [4.78, 5) is 38.1. The molecule has 7 heteroatoms. The molecule has 0 saturated carbocycles. The van der Waals surface area contributed by atoms with Gasteiger partial charge in [-0.15, -0.1) is 0 Å². The maximum absolute atomic E-state index is 12.8. The predicted molar refractivity (Wildman–Crippen MR) is 91.7 cm³/mol. The maximum Gasteiger partial charge on any atom is 0.417 e. The van der Waals surface area contributed by atoms with Gasteiger partial charge in [0.15, 0.2) is 0 Å². The van der Waals surface area contributed by atoms with Crippen LogP contribution in [0, 0.1) is 17.2 Å². The van der Waals surface area contributed by atoms with Gasteiger partial charge in [0.05, 0.1) is 37.1 Å². The van der Waals surface area contributed by atoms with Gasteiger partial charge in [-0.3, -0.25) is 9.59 Å². The molecule has 2 atom stereocenters. The molecular formula is C19H22N2O5. The van der Waals surface area contributed by atoms with Gasteiger partial charge in [-0.2, -0.15) is 5.26 Å². The van der Waals surface area contributed by atoms with E-state index in [2.05, 4.69) is 10.8 Å². The zero-order valence-corrected chi connectivity index (χ0v) is 15.3. The van der Waals surface area contributed by atoms with Crippen molar-refractivity contribution in [1.29, 1.82) is 5.26 Å². The molecule has 1 heterocycles. The van der Waals surface area contributed by atoms with E-state index in [1.54, 1.807) is 45.0 Å². The third-order valence-electron chi connectivity index (χ3n) is 4.08. The van der Waals surface area contributed by atoms with Crippen molar-refractivity contribution in [2.75, 3.05) is 7.11 Å². The summed E-state index contributed by atoms with van der Waals surface area (Å²) in [6.45, 7) is 5.11. The van der Waals surface area contributed by atoms with Crippen molar-refractivity contribution in [2.24, 2.45) is 5.92 Å². The van der Waals surface area contributed by atoms with Crippen molar-refractivity contribution in [3.8, 4) is 6.07 Å². The number of carbonyl (C=O) groups excluding carboxylic acids is 3. The number of imide groups is 1. The molecule has 0 bridgehead atoms. The quantitative estimate of drug-likeness (QED) is 0.771. The molecular weight excluding hydrogens is 336 g/mol. The van der Waals surface area contributed by atoms with E-state index >= 15 is 0 Å². The summed E-state index contributed by atoms with van der Waals surface area (Å²) < 4.78 is 10.0. The number of rotatable bonds is 3. The molecule has 7 nitrogen and oxygen atoms in total. The lowest BCUT2D eigenvalue weighted by Crippen LogP contribution is -2.40.